The third-order valence-corrected chi connectivity index (χ3v) is 10.8. The minimum Gasteiger partial charge on any atom is -0.496 e. The first kappa shape index (κ1) is 33.3. The lowest BCUT2D eigenvalue weighted by Gasteiger charge is -2.52. The number of methoxy groups -OCH3 is 2. The number of rotatable bonds is 10. The number of benzene rings is 2. The van der Waals surface area contributed by atoms with Crippen LogP contribution in [-0.4, -0.2) is 74.6 Å². The Morgan fingerprint density at radius 1 is 0.854 bits per heavy atom. The summed E-state index contributed by atoms with van der Waals surface area (Å²) in [5, 5.41) is 4.70. The lowest BCUT2D eigenvalue weighted by molar-refractivity contribution is -0.0840. The molecule has 2 aromatic heterocycles. The number of pyridine rings is 2. The van der Waals surface area contributed by atoms with E-state index in [0.717, 1.165) is 117 Å². The molecule has 48 heavy (non-hydrogen) atoms. The zero-order valence-electron chi connectivity index (χ0n) is 27.6. The number of nitrogens with one attached hydrogen (secondary N) is 1. The zero-order valence-corrected chi connectivity index (χ0v) is 29.1. The van der Waals surface area contributed by atoms with Crippen molar-refractivity contribution >= 4 is 23.2 Å². The molecule has 3 saturated heterocycles. The highest BCUT2D eigenvalue weighted by molar-refractivity contribution is 6.39. The van der Waals surface area contributed by atoms with Crippen LogP contribution in [0.5, 0.6) is 11.6 Å². The number of halogens is 2. The van der Waals surface area contributed by atoms with Crippen LogP contribution in [0.2, 0.25) is 10.0 Å². The Morgan fingerprint density at radius 2 is 1.58 bits per heavy atom. The van der Waals surface area contributed by atoms with Gasteiger partial charge in [-0.3, -0.25) is 9.88 Å². The summed E-state index contributed by atoms with van der Waals surface area (Å²) in [6, 6.07) is 18.5. The Morgan fingerprint density at radius 3 is 2.35 bits per heavy atom. The summed E-state index contributed by atoms with van der Waals surface area (Å²) in [6.07, 6.45) is 6.08. The molecule has 3 aliphatic rings. The molecule has 0 radical (unpaired) electrons. The van der Waals surface area contributed by atoms with Gasteiger partial charge in [0.2, 0.25) is 5.88 Å². The topological polar surface area (TPSA) is 78.0 Å². The fourth-order valence-electron chi connectivity index (χ4n) is 7.28. The maximum absolute atomic E-state index is 7.12. The van der Waals surface area contributed by atoms with Crippen LogP contribution in [-0.2, 0) is 22.6 Å². The standard InChI is InChI=1S/C38H42Cl2N4O4/c1-45-33-20-25(6-7-27(33)22-44-23-38(24-44)13-18-48-19-14-38)36-35(40)30(10-15-41-36)29-4-3-5-31(34(29)39)32-9-8-26(37(43-32)46-2)21-42-28-11-16-47-17-12-28/h3-10,15,20,28,42H,11-14,16-19,21-24H2,1-2H3. The lowest BCUT2D eigenvalue weighted by atomic mass is 9.73. The molecule has 3 aliphatic heterocycles. The van der Waals surface area contributed by atoms with Gasteiger partial charge in [0.05, 0.1) is 35.7 Å². The average molecular weight is 690 g/mol. The molecule has 0 amide bonds. The monoisotopic (exact) mass is 688 g/mol. The van der Waals surface area contributed by atoms with E-state index in [-0.39, 0.29) is 0 Å². The van der Waals surface area contributed by atoms with E-state index in [4.69, 9.17) is 47.1 Å². The van der Waals surface area contributed by atoms with Crippen LogP contribution >= 0.6 is 23.2 Å². The molecular weight excluding hydrogens is 647 g/mol. The van der Waals surface area contributed by atoms with Crippen LogP contribution in [0.3, 0.4) is 0 Å². The molecule has 0 atom stereocenters. The van der Waals surface area contributed by atoms with Crippen molar-refractivity contribution in [1.29, 1.82) is 0 Å². The average Bonchev–Trinajstić information content (AvgIpc) is 3.11. The Bertz CT molecular complexity index is 1750. The van der Waals surface area contributed by atoms with E-state index in [1.165, 1.54) is 0 Å². The fraction of sp³-hybridized carbons (Fsp3) is 0.421. The van der Waals surface area contributed by atoms with Gasteiger partial charge < -0.3 is 24.3 Å². The molecule has 1 N–H and O–H groups in total. The van der Waals surface area contributed by atoms with E-state index in [0.29, 0.717) is 39.6 Å². The number of ether oxygens (including phenoxy) is 4. The van der Waals surface area contributed by atoms with Crippen molar-refractivity contribution in [1.82, 2.24) is 20.2 Å². The molecule has 252 valence electrons. The van der Waals surface area contributed by atoms with Crippen molar-refractivity contribution < 1.29 is 18.9 Å². The maximum Gasteiger partial charge on any atom is 0.218 e. The first-order valence-electron chi connectivity index (χ1n) is 16.7. The summed E-state index contributed by atoms with van der Waals surface area (Å²) in [5.74, 6) is 1.41. The largest absolute Gasteiger partial charge is 0.496 e. The van der Waals surface area contributed by atoms with Crippen LogP contribution in [0.15, 0.2) is 60.8 Å². The molecule has 0 saturated carbocycles. The highest BCUT2D eigenvalue weighted by atomic mass is 35.5. The molecule has 4 aromatic rings. The minimum atomic E-state index is 0.426. The van der Waals surface area contributed by atoms with E-state index >= 15 is 0 Å². The second kappa shape index (κ2) is 14.7. The van der Waals surface area contributed by atoms with Crippen LogP contribution in [0.25, 0.3) is 33.6 Å². The molecule has 8 nitrogen and oxygen atoms in total. The van der Waals surface area contributed by atoms with Crippen molar-refractivity contribution in [2.75, 3.05) is 53.7 Å². The molecule has 0 unspecified atom stereocenters. The van der Waals surface area contributed by atoms with Gasteiger partial charge >= 0.3 is 0 Å². The summed E-state index contributed by atoms with van der Waals surface area (Å²) in [6.45, 7) is 7.08. The van der Waals surface area contributed by atoms with Gasteiger partial charge in [0, 0.05) is 104 Å². The zero-order chi connectivity index (χ0) is 33.1. The van der Waals surface area contributed by atoms with E-state index < -0.39 is 0 Å². The van der Waals surface area contributed by atoms with Gasteiger partial charge in [-0.05, 0) is 43.9 Å². The molecule has 0 bridgehead atoms. The van der Waals surface area contributed by atoms with Gasteiger partial charge in [0.15, 0.2) is 0 Å². The number of hydrogen-bond donors (Lipinski definition) is 1. The number of likely N-dealkylation sites (tertiary alicyclic amines) is 1. The maximum atomic E-state index is 7.12. The normalized spacial score (nSPS) is 18.1. The van der Waals surface area contributed by atoms with Crippen LogP contribution < -0.4 is 14.8 Å². The third-order valence-electron chi connectivity index (χ3n) is 10.0. The van der Waals surface area contributed by atoms with Crippen molar-refractivity contribution in [3.8, 4) is 45.3 Å². The Labute approximate surface area is 292 Å². The van der Waals surface area contributed by atoms with E-state index in [9.17, 15) is 0 Å². The second-order valence-electron chi connectivity index (χ2n) is 13.1. The van der Waals surface area contributed by atoms with Crippen LogP contribution in [0.4, 0.5) is 0 Å². The minimum absolute atomic E-state index is 0.426. The summed E-state index contributed by atoms with van der Waals surface area (Å²) in [7, 11) is 3.36. The lowest BCUT2D eigenvalue weighted by Crippen LogP contribution is -2.57. The molecule has 1 spiro atoms. The molecule has 2 aromatic carbocycles. The Kier molecular flexibility index (Phi) is 10.2. The van der Waals surface area contributed by atoms with Gasteiger partial charge in [-0.2, -0.15) is 0 Å². The van der Waals surface area contributed by atoms with Crippen molar-refractivity contribution in [3.05, 3.63) is 82.0 Å². The highest BCUT2D eigenvalue weighted by Crippen LogP contribution is 2.44. The van der Waals surface area contributed by atoms with Gasteiger partial charge in [0.25, 0.3) is 0 Å². The van der Waals surface area contributed by atoms with Gasteiger partial charge in [-0.15, -0.1) is 0 Å². The smallest absolute Gasteiger partial charge is 0.218 e. The molecule has 5 heterocycles. The second-order valence-corrected chi connectivity index (χ2v) is 13.9. The van der Waals surface area contributed by atoms with Gasteiger partial charge in [-0.1, -0.05) is 59.6 Å². The summed E-state index contributed by atoms with van der Waals surface area (Å²) >= 11 is 14.2. The van der Waals surface area contributed by atoms with E-state index in [1.807, 2.05) is 36.4 Å². The van der Waals surface area contributed by atoms with Crippen LogP contribution in [0.1, 0.15) is 36.8 Å². The molecular formula is C38H42Cl2N4O4. The predicted octanol–water partition coefficient (Wildman–Crippen LogP) is 7.68. The summed E-state index contributed by atoms with van der Waals surface area (Å²) in [4.78, 5) is 12.0. The number of nitrogens with zero attached hydrogens (tertiary/aromatic N) is 3. The van der Waals surface area contributed by atoms with Gasteiger partial charge in [0.1, 0.15) is 5.75 Å². The molecule has 10 heteroatoms. The van der Waals surface area contributed by atoms with E-state index in [2.05, 4.69) is 33.4 Å². The van der Waals surface area contributed by atoms with Crippen LogP contribution in [0, 0.1) is 5.41 Å². The Balaban J connectivity index is 1.11. The van der Waals surface area contributed by atoms with Crippen molar-refractivity contribution in [3.63, 3.8) is 0 Å². The van der Waals surface area contributed by atoms with Crippen molar-refractivity contribution in [2.45, 2.75) is 44.8 Å². The van der Waals surface area contributed by atoms with E-state index in [1.54, 1.807) is 20.4 Å². The number of hydrogen-bond acceptors (Lipinski definition) is 8. The first-order chi connectivity index (χ1) is 23.5. The van der Waals surface area contributed by atoms with Gasteiger partial charge in [-0.25, -0.2) is 4.98 Å². The molecule has 3 fully saturated rings. The third kappa shape index (κ3) is 6.93. The Hall–Kier alpha value is -3.24. The summed E-state index contributed by atoms with van der Waals surface area (Å²) in [5.41, 5.74) is 7.25. The fourth-order valence-corrected chi connectivity index (χ4v) is 7.92. The summed E-state index contributed by atoms with van der Waals surface area (Å²) < 4.78 is 22.6. The molecule has 0 aliphatic carbocycles. The SMILES string of the molecule is COc1cc(-c2nccc(-c3cccc(-c4ccc(CNC5CCOCC5)c(OC)n4)c3Cl)c2Cl)ccc1CN1CC2(CCOCC2)C1. The quantitative estimate of drug-likeness (QED) is 0.182. The predicted molar refractivity (Wildman–Crippen MR) is 190 cm³/mol. The first-order valence-corrected chi connectivity index (χ1v) is 17.5. The van der Waals surface area contributed by atoms with Crippen molar-refractivity contribution in [2.24, 2.45) is 5.41 Å². The number of aromatic nitrogens is 2. The molecule has 7 rings (SSSR count). The highest BCUT2D eigenvalue weighted by Gasteiger charge is 2.43.